The first-order valence-corrected chi connectivity index (χ1v) is 8.48. The molecule has 130 valence electrons. The van der Waals surface area contributed by atoms with Crippen molar-refractivity contribution < 1.29 is 14.3 Å². The first-order chi connectivity index (χ1) is 11.5. The molecule has 2 heterocycles. The van der Waals surface area contributed by atoms with Gasteiger partial charge in [0.1, 0.15) is 0 Å². The molecule has 6 nitrogen and oxygen atoms in total. The highest BCUT2D eigenvalue weighted by Crippen LogP contribution is 2.32. The lowest BCUT2D eigenvalue weighted by atomic mass is 9.99. The van der Waals surface area contributed by atoms with Gasteiger partial charge in [0.15, 0.2) is 0 Å². The predicted molar refractivity (Wildman–Crippen MR) is 90.6 cm³/mol. The fourth-order valence-electron chi connectivity index (χ4n) is 3.49. The van der Waals surface area contributed by atoms with Gasteiger partial charge in [-0.3, -0.25) is 4.79 Å². The molecule has 6 heteroatoms. The van der Waals surface area contributed by atoms with Crippen molar-refractivity contribution in [2.75, 3.05) is 33.7 Å². The van der Waals surface area contributed by atoms with Crippen LogP contribution in [-0.2, 0) is 16.0 Å². The molecule has 0 saturated carbocycles. The first-order valence-electron chi connectivity index (χ1n) is 8.48. The normalized spacial score (nSPS) is 25.4. The van der Waals surface area contributed by atoms with E-state index < -0.39 is 0 Å². The summed E-state index contributed by atoms with van der Waals surface area (Å²) >= 11 is 0. The van der Waals surface area contributed by atoms with Crippen molar-refractivity contribution in [1.82, 2.24) is 15.1 Å². The minimum atomic E-state index is -0.182. The number of benzene rings is 1. The average molecular weight is 331 g/mol. The number of ether oxygens (including phenoxy) is 1. The van der Waals surface area contributed by atoms with E-state index in [2.05, 4.69) is 17.4 Å². The molecule has 24 heavy (non-hydrogen) atoms. The Balaban J connectivity index is 1.50. The zero-order valence-electron chi connectivity index (χ0n) is 14.3. The maximum absolute atomic E-state index is 12.4. The van der Waals surface area contributed by atoms with Crippen LogP contribution in [0, 0.1) is 5.92 Å². The summed E-state index contributed by atoms with van der Waals surface area (Å²) in [7, 11) is 3.53. The molecule has 1 aromatic carbocycles. The molecule has 2 aliphatic heterocycles. The van der Waals surface area contributed by atoms with Gasteiger partial charge in [-0.15, -0.1) is 0 Å². The van der Waals surface area contributed by atoms with Gasteiger partial charge in [-0.25, -0.2) is 4.79 Å². The largest absolute Gasteiger partial charge is 0.370 e. The van der Waals surface area contributed by atoms with Crippen LogP contribution >= 0.6 is 0 Å². The third kappa shape index (κ3) is 3.70. The van der Waals surface area contributed by atoms with Crippen LogP contribution < -0.4 is 5.32 Å². The second-order valence-corrected chi connectivity index (χ2v) is 6.74. The first kappa shape index (κ1) is 16.8. The number of likely N-dealkylation sites (tertiary alicyclic amines) is 1. The van der Waals surface area contributed by atoms with Crippen LogP contribution in [0.25, 0.3) is 0 Å². The van der Waals surface area contributed by atoms with Crippen LogP contribution in [0.4, 0.5) is 4.79 Å². The van der Waals surface area contributed by atoms with Gasteiger partial charge in [-0.1, -0.05) is 30.3 Å². The number of hydrogen-bond donors (Lipinski definition) is 1. The second-order valence-electron chi connectivity index (χ2n) is 6.74. The quantitative estimate of drug-likeness (QED) is 0.899. The van der Waals surface area contributed by atoms with Crippen LogP contribution in [-0.4, -0.2) is 67.7 Å². The summed E-state index contributed by atoms with van der Waals surface area (Å²) in [6.07, 6.45) is 1.30. The van der Waals surface area contributed by atoms with E-state index in [1.807, 2.05) is 18.2 Å². The molecule has 0 aliphatic carbocycles. The average Bonchev–Trinajstić information content (AvgIpc) is 2.88. The maximum Gasteiger partial charge on any atom is 0.317 e. The molecule has 3 amide bonds. The Morgan fingerprint density at radius 2 is 2.00 bits per heavy atom. The van der Waals surface area contributed by atoms with Crippen molar-refractivity contribution in [2.45, 2.75) is 25.0 Å². The van der Waals surface area contributed by atoms with E-state index in [-0.39, 0.29) is 30.1 Å². The van der Waals surface area contributed by atoms with E-state index >= 15 is 0 Å². The number of morpholine rings is 1. The Bertz CT molecular complexity index is 590. The summed E-state index contributed by atoms with van der Waals surface area (Å²) in [4.78, 5) is 28.0. The summed E-state index contributed by atoms with van der Waals surface area (Å²) in [5.74, 6) is -0.0408. The number of hydrogen-bond acceptors (Lipinski definition) is 3. The van der Waals surface area contributed by atoms with Gasteiger partial charge in [0.05, 0.1) is 18.1 Å². The number of nitrogens with one attached hydrogen (secondary N) is 1. The van der Waals surface area contributed by atoms with Gasteiger partial charge >= 0.3 is 6.03 Å². The fourth-order valence-corrected chi connectivity index (χ4v) is 3.49. The molecule has 0 radical (unpaired) electrons. The molecule has 1 N–H and O–H groups in total. The summed E-state index contributed by atoms with van der Waals surface area (Å²) < 4.78 is 5.87. The monoisotopic (exact) mass is 331 g/mol. The minimum Gasteiger partial charge on any atom is -0.370 e. The summed E-state index contributed by atoms with van der Waals surface area (Å²) in [5, 5.41) is 2.97. The molecule has 0 unspecified atom stereocenters. The third-order valence-electron chi connectivity index (χ3n) is 4.74. The number of carbonyl (C=O) groups excluding carboxylic acids is 2. The Hall–Kier alpha value is -2.08. The van der Waals surface area contributed by atoms with Crippen molar-refractivity contribution in [1.29, 1.82) is 0 Å². The molecule has 2 bridgehead atoms. The standard InChI is InChI=1S/C18H25N3O3/c1-20(2)17(22)15-10-14-11-21(12-16(15)24-14)18(23)19-9-8-13-6-4-3-5-7-13/h3-7,14-16H,8-12H2,1-2H3,(H,19,23)/t14-,15+,16+/m0/s1. The number of amides is 3. The third-order valence-corrected chi connectivity index (χ3v) is 4.74. The lowest BCUT2D eigenvalue weighted by Gasteiger charge is -2.33. The topological polar surface area (TPSA) is 61.9 Å². The Kier molecular flexibility index (Phi) is 5.04. The van der Waals surface area contributed by atoms with E-state index in [1.165, 1.54) is 5.56 Å². The zero-order valence-corrected chi connectivity index (χ0v) is 14.3. The maximum atomic E-state index is 12.4. The van der Waals surface area contributed by atoms with E-state index in [0.717, 1.165) is 6.42 Å². The number of rotatable bonds is 4. The van der Waals surface area contributed by atoms with Crippen LogP contribution in [0.2, 0.25) is 0 Å². The predicted octanol–water partition coefficient (Wildman–Crippen LogP) is 1.12. The Morgan fingerprint density at radius 1 is 1.25 bits per heavy atom. The van der Waals surface area contributed by atoms with E-state index in [0.29, 0.717) is 26.1 Å². The Labute approximate surface area is 142 Å². The number of carbonyl (C=O) groups is 2. The van der Waals surface area contributed by atoms with Crippen LogP contribution in [0.3, 0.4) is 0 Å². The highest BCUT2D eigenvalue weighted by atomic mass is 16.5. The van der Waals surface area contributed by atoms with Gasteiger partial charge in [0, 0.05) is 33.7 Å². The summed E-state index contributed by atoms with van der Waals surface area (Å²) in [6, 6.07) is 10.0. The lowest BCUT2D eigenvalue weighted by molar-refractivity contribution is -0.135. The molecular formula is C18H25N3O3. The number of fused-ring (bicyclic) bond motifs is 2. The van der Waals surface area contributed by atoms with Crippen molar-refractivity contribution in [3.63, 3.8) is 0 Å². The van der Waals surface area contributed by atoms with Crippen molar-refractivity contribution in [3.8, 4) is 0 Å². The molecule has 2 fully saturated rings. The van der Waals surface area contributed by atoms with Gasteiger partial charge in [-0.05, 0) is 18.4 Å². The van der Waals surface area contributed by atoms with Gasteiger partial charge in [-0.2, -0.15) is 0 Å². The fraction of sp³-hybridized carbons (Fsp3) is 0.556. The Morgan fingerprint density at radius 3 is 2.71 bits per heavy atom. The molecular weight excluding hydrogens is 306 g/mol. The van der Waals surface area contributed by atoms with E-state index in [9.17, 15) is 9.59 Å². The zero-order chi connectivity index (χ0) is 17.1. The molecule has 0 spiro atoms. The van der Waals surface area contributed by atoms with Crippen LogP contribution in [0.15, 0.2) is 30.3 Å². The second kappa shape index (κ2) is 7.21. The summed E-state index contributed by atoms with van der Waals surface area (Å²) in [5.41, 5.74) is 1.21. The minimum absolute atomic E-state index is 0.0301. The van der Waals surface area contributed by atoms with Crippen molar-refractivity contribution in [3.05, 3.63) is 35.9 Å². The van der Waals surface area contributed by atoms with Gasteiger partial charge in [0.25, 0.3) is 0 Å². The highest BCUT2D eigenvalue weighted by Gasteiger charge is 2.46. The molecule has 2 saturated heterocycles. The van der Waals surface area contributed by atoms with Crippen LogP contribution in [0.1, 0.15) is 12.0 Å². The highest BCUT2D eigenvalue weighted by molar-refractivity contribution is 5.80. The van der Waals surface area contributed by atoms with E-state index in [1.54, 1.807) is 23.9 Å². The van der Waals surface area contributed by atoms with Gasteiger partial charge < -0.3 is 19.9 Å². The van der Waals surface area contributed by atoms with Gasteiger partial charge in [0.2, 0.25) is 5.91 Å². The SMILES string of the molecule is CN(C)C(=O)[C@@H]1C[C@H]2CN(C(=O)NCCc3ccccc3)C[C@H]1O2. The summed E-state index contributed by atoms with van der Waals surface area (Å²) in [6.45, 7) is 1.65. The lowest BCUT2D eigenvalue weighted by Crippen LogP contribution is -2.51. The molecule has 0 aromatic heterocycles. The number of nitrogens with zero attached hydrogens (tertiary/aromatic N) is 2. The van der Waals surface area contributed by atoms with Crippen LogP contribution in [0.5, 0.6) is 0 Å². The molecule has 1 aromatic rings. The van der Waals surface area contributed by atoms with Crippen molar-refractivity contribution in [2.24, 2.45) is 5.92 Å². The number of urea groups is 1. The molecule has 3 atom stereocenters. The smallest absolute Gasteiger partial charge is 0.317 e. The van der Waals surface area contributed by atoms with Crippen molar-refractivity contribution >= 4 is 11.9 Å². The van der Waals surface area contributed by atoms with E-state index in [4.69, 9.17) is 4.74 Å². The molecule has 2 aliphatic rings. The molecule has 3 rings (SSSR count).